The van der Waals surface area contributed by atoms with Crippen LogP contribution in [0.3, 0.4) is 0 Å². The van der Waals surface area contributed by atoms with Gasteiger partial charge in [-0.3, -0.25) is 4.84 Å². The molecule has 1 aromatic heterocycles. The van der Waals surface area contributed by atoms with Crippen LogP contribution in [0.25, 0.3) is 0 Å². The van der Waals surface area contributed by atoms with Gasteiger partial charge in [-0.1, -0.05) is 23.7 Å². The van der Waals surface area contributed by atoms with Gasteiger partial charge in [-0.05, 0) is 42.0 Å². The summed E-state index contributed by atoms with van der Waals surface area (Å²) < 4.78 is 13.3. The Hall–Kier alpha value is -2.54. The topological polar surface area (TPSA) is 48.8 Å². The molecule has 2 unspecified atom stereocenters. The van der Waals surface area contributed by atoms with Crippen LogP contribution in [0.15, 0.2) is 67.3 Å². The monoisotopic (exact) mass is 413 g/mol. The molecule has 0 radical (unpaired) electrons. The van der Waals surface area contributed by atoms with Gasteiger partial charge in [0.2, 0.25) is 0 Å². The molecule has 6 nitrogen and oxygen atoms in total. The molecular formula is C22H24ClN3O3. The van der Waals surface area contributed by atoms with Gasteiger partial charge in [0.05, 0.1) is 19.0 Å². The van der Waals surface area contributed by atoms with E-state index in [0.717, 1.165) is 23.5 Å². The number of hydrogen-bond acceptors (Lipinski definition) is 5. The number of hydrogen-bond donors (Lipinski definition) is 0. The Morgan fingerprint density at radius 3 is 2.52 bits per heavy atom. The largest absolute Gasteiger partial charge is 0.497 e. The van der Waals surface area contributed by atoms with Crippen LogP contribution in [0.5, 0.6) is 11.5 Å². The zero-order valence-electron chi connectivity index (χ0n) is 16.5. The minimum atomic E-state index is -0.346. The maximum absolute atomic E-state index is 6.20. The third-order valence-corrected chi connectivity index (χ3v) is 5.61. The van der Waals surface area contributed by atoms with Crippen molar-refractivity contribution in [3.63, 3.8) is 0 Å². The molecule has 1 aliphatic heterocycles. The van der Waals surface area contributed by atoms with E-state index < -0.39 is 0 Å². The number of methoxy groups -OCH3 is 1. The highest BCUT2D eigenvalue weighted by Crippen LogP contribution is 2.41. The fourth-order valence-electron chi connectivity index (χ4n) is 3.81. The van der Waals surface area contributed by atoms with Gasteiger partial charge < -0.3 is 14.0 Å². The van der Waals surface area contributed by atoms with Crippen molar-refractivity contribution in [2.45, 2.75) is 24.6 Å². The fourth-order valence-corrected chi connectivity index (χ4v) is 3.94. The Labute approximate surface area is 175 Å². The van der Waals surface area contributed by atoms with E-state index in [0.29, 0.717) is 18.2 Å². The van der Waals surface area contributed by atoms with Crippen molar-refractivity contribution in [3.8, 4) is 11.5 Å². The normalized spacial score (nSPS) is 22.0. The van der Waals surface area contributed by atoms with Crippen molar-refractivity contribution in [1.82, 2.24) is 14.6 Å². The Morgan fingerprint density at radius 1 is 1.14 bits per heavy atom. The highest BCUT2D eigenvalue weighted by atomic mass is 35.5. The van der Waals surface area contributed by atoms with Crippen molar-refractivity contribution < 1.29 is 14.3 Å². The van der Waals surface area contributed by atoms with E-state index in [1.165, 1.54) is 0 Å². The summed E-state index contributed by atoms with van der Waals surface area (Å²) in [5.74, 6) is 1.60. The van der Waals surface area contributed by atoms with E-state index in [1.807, 2.05) is 61.0 Å². The molecule has 1 aliphatic rings. The van der Waals surface area contributed by atoms with Gasteiger partial charge in [0.1, 0.15) is 24.2 Å². The summed E-state index contributed by atoms with van der Waals surface area (Å²) in [7, 11) is 3.65. The average molecular weight is 414 g/mol. The average Bonchev–Trinajstić information content (AvgIpc) is 3.36. The van der Waals surface area contributed by atoms with Crippen LogP contribution in [0.2, 0.25) is 5.02 Å². The van der Waals surface area contributed by atoms with E-state index in [4.69, 9.17) is 25.9 Å². The second-order valence-electron chi connectivity index (χ2n) is 7.19. The molecular weight excluding hydrogens is 390 g/mol. The van der Waals surface area contributed by atoms with Gasteiger partial charge in [-0.15, -0.1) is 0 Å². The number of nitrogens with zero attached hydrogens (tertiary/aromatic N) is 3. The summed E-state index contributed by atoms with van der Waals surface area (Å²) in [5.41, 5.74) is 0.810. The SMILES string of the molecule is COc1ccc(C2(Cn3ccnc3)CC(COc3ccc(Cl)cc3)ON2C)cc1. The molecule has 0 spiro atoms. The molecule has 0 bridgehead atoms. The Kier molecular flexibility index (Phi) is 5.76. The highest BCUT2D eigenvalue weighted by Gasteiger charge is 2.47. The smallest absolute Gasteiger partial charge is 0.119 e. The van der Waals surface area contributed by atoms with Crippen LogP contribution in [0.4, 0.5) is 0 Å². The Bertz CT molecular complexity index is 915. The van der Waals surface area contributed by atoms with E-state index in [2.05, 4.69) is 21.7 Å². The first kappa shape index (κ1) is 19.8. The molecule has 2 aromatic carbocycles. The maximum Gasteiger partial charge on any atom is 0.119 e. The minimum absolute atomic E-state index is 0.0821. The molecule has 1 fully saturated rings. The lowest BCUT2D eigenvalue weighted by molar-refractivity contribution is -0.179. The van der Waals surface area contributed by atoms with E-state index in [1.54, 1.807) is 13.3 Å². The molecule has 0 N–H and O–H groups in total. The maximum atomic E-state index is 6.20. The van der Waals surface area contributed by atoms with Gasteiger partial charge in [0.25, 0.3) is 0 Å². The molecule has 1 saturated heterocycles. The standard InChI is InChI=1S/C22H24ClN3O3/c1-25-22(15-26-12-11-24-16-26,17-3-7-19(27-2)8-4-17)13-21(29-25)14-28-20-9-5-18(23)6-10-20/h3-12,16,21H,13-15H2,1-2H3. The lowest BCUT2D eigenvalue weighted by atomic mass is 9.85. The summed E-state index contributed by atoms with van der Waals surface area (Å²) >= 11 is 5.95. The van der Waals surface area contributed by atoms with Crippen LogP contribution in [0, 0.1) is 0 Å². The Balaban J connectivity index is 1.55. The number of aromatic nitrogens is 2. The zero-order valence-corrected chi connectivity index (χ0v) is 17.2. The van der Waals surface area contributed by atoms with Crippen molar-refractivity contribution >= 4 is 11.6 Å². The first-order chi connectivity index (χ1) is 14.1. The van der Waals surface area contributed by atoms with Gasteiger partial charge in [-0.25, -0.2) is 4.98 Å². The summed E-state index contributed by atoms with van der Waals surface area (Å²) in [4.78, 5) is 10.4. The highest BCUT2D eigenvalue weighted by molar-refractivity contribution is 6.30. The molecule has 2 atom stereocenters. The lowest BCUT2D eigenvalue weighted by Gasteiger charge is -2.35. The van der Waals surface area contributed by atoms with E-state index in [9.17, 15) is 0 Å². The number of ether oxygens (including phenoxy) is 2. The van der Waals surface area contributed by atoms with E-state index >= 15 is 0 Å². The third kappa shape index (κ3) is 4.24. The van der Waals surface area contributed by atoms with Crippen molar-refractivity contribution in [1.29, 1.82) is 0 Å². The lowest BCUT2D eigenvalue weighted by Crippen LogP contribution is -2.41. The van der Waals surface area contributed by atoms with Crippen molar-refractivity contribution in [2.24, 2.45) is 0 Å². The van der Waals surface area contributed by atoms with Crippen LogP contribution in [-0.4, -0.2) is 41.5 Å². The van der Waals surface area contributed by atoms with Crippen LogP contribution in [-0.2, 0) is 16.9 Å². The molecule has 3 aromatic rings. The first-order valence-electron chi connectivity index (χ1n) is 9.48. The quantitative estimate of drug-likeness (QED) is 0.582. The zero-order chi connectivity index (χ0) is 20.3. The van der Waals surface area contributed by atoms with Crippen LogP contribution in [0.1, 0.15) is 12.0 Å². The third-order valence-electron chi connectivity index (χ3n) is 5.36. The second kappa shape index (κ2) is 8.45. The molecule has 4 rings (SSSR count). The van der Waals surface area contributed by atoms with Gasteiger partial charge in [0, 0.05) is 37.4 Å². The molecule has 0 saturated carbocycles. The van der Waals surface area contributed by atoms with Crippen molar-refractivity contribution in [2.75, 3.05) is 20.8 Å². The van der Waals surface area contributed by atoms with Crippen LogP contribution >= 0.6 is 11.6 Å². The summed E-state index contributed by atoms with van der Waals surface area (Å²) in [6, 6.07) is 15.5. The number of rotatable bonds is 7. The van der Waals surface area contributed by atoms with Crippen molar-refractivity contribution in [3.05, 3.63) is 77.8 Å². The number of likely N-dealkylation sites (N-methyl/N-ethyl adjacent to an activating group) is 1. The van der Waals surface area contributed by atoms with E-state index in [-0.39, 0.29) is 11.6 Å². The molecule has 29 heavy (non-hydrogen) atoms. The fraction of sp³-hybridized carbons (Fsp3) is 0.318. The van der Waals surface area contributed by atoms with Crippen LogP contribution < -0.4 is 9.47 Å². The predicted octanol–water partition coefficient (Wildman–Crippen LogP) is 4.16. The summed E-state index contributed by atoms with van der Waals surface area (Å²) in [5, 5.41) is 2.64. The van der Waals surface area contributed by atoms with Gasteiger partial charge in [-0.2, -0.15) is 5.06 Å². The molecule has 0 aliphatic carbocycles. The molecule has 2 heterocycles. The Morgan fingerprint density at radius 2 is 1.86 bits per heavy atom. The predicted molar refractivity (Wildman–Crippen MR) is 111 cm³/mol. The molecule has 152 valence electrons. The first-order valence-corrected chi connectivity index (χ1v) is 9.86. The molecule has 7 heteroatoms. The summed E-state index contributed by atoms with van der Waals surface area (Å²) in [6.45, 7) is 1.17. The number of imidazole rings is 1. The number of halogens is 1. The van der Waals surface area contributed by atoms with Gasteiger partial charge in [0.15, 0.2) is 0 Å². The number of benzene rings is 2. The number of hydroxylamine groups is 2. The second-order valence-corrected chi connectivity index (χ2v) is 7.63. The minimum Gasteiger partial charge on any atom is -0.497 e. The molecule has 0 amide bonds. The summed E-state index contributed by atoms with van der Waals surface area (Å²) in [6.07, 6.45) is 6.29. The van der Waals surface area contributed by atoms with Gasteiger partial charge >= 0.3 is 0 Å².